The first kappa shape index (κ1) is 18.0. The minimum absolute atomic E-state index is 0.0523. The zero-order valence-electron chi connectivity index (χ0n) is 15.6. The molecule has 1 aromatic carbocycles. The van der Waals surface area contributed by atoms with E-state index >= 15 is 0 Å². The Hall–Kier alpha value is -2.83. The minimum Gasteiger partial charge on any atom is -0.497 e. The Balaban J connectivity index is 1.70. The fourth-order valence-electron chi connectivity index (χ4n) is 3.10. The fourth-order valence-corrected chi connectivity index (χ4v) is 3.10. The van der Waals surface area contributed by atoms with E-state index in [1.165, 1.54) is 0 Å². The summed E-state index contributed by atoms with van der Waals surface area (Å²) in [5.41, 5.74) is 2.01. The molecule has 0 unspecified atom stereocenters. The molecule has 1 aromatic heterocycles. The van der Waals surface area contributed by atoms with Crippen molar-refractivity contribution >= 4 is 11.7 Å². The Labute approximate surface area is 153 Å². The summed E-state index contributed by atoms with van der Waals surface area (Å²) >= 11 is 0. The molecule has 0 saturated heterocycles. The number of ether oxygens (including phenoxy) is 2. The lowest BCUT2D eigenvalue weighted by atomic mass is 10.0. The number of carbonyl (C=O) groups excluding carboxylic acids is 1. The summed E-state index contributed by atoms with van der Waals surface area (Å²) < 4.78 is 11.0. The lowest BCUT2D eigenvalue weighted by molar-refractivity contribution is -0.139. The highest BCUT2D eigenvalue weighted by Crippen LogP contribution is 2.25. The number of aromatic nitrogens is 2. The van der Waals surface area contributed by atoms with Crippen molar-refractivity contribution in [2.75, 3.05) is 32.6 Å². The van der Waals surface area contributed by atoms with Gasteiger partial charge in [0.2, 0.25) is 0 Å². The van der Waals surface area contributed by atoms with E-state index in [-0.39, 0.29) is 5.91 Å². The van der Waals surface area contributed by atoms with Crippen molar-refractivity contribution < 1.29 is 14.3 Å². The third kappa shape index (κ3) is 3.71. The molecule has 1 aliphatic heterocycles. The zero-order valence-corrected chi connectivity index (χ0v) is 15.6. The van der Waals surface area contributed by atoms with E-state index in [0.717, 1.165) is 23.5 Å². The normalized spacial score (nSPS) is 14.4. The second kappa shape index (κ2) is 7.59. The molecule has 138 valence electrons. The van der Waals surface area contributed by atoms with Crippen LogP contribution >= 0.6 is 0 Å². The Morgan fingerprint density at radius 2 is 2.04 bits per heavy atom. The molecule has 1 amide bonds. The van der Waals surface area contributed by atoms with Crippen LogP contribution in [0, 0.1) is 0 Å². The van der Waals surface area contributed by atoms with Crippen LogP contribution in [0.3, 0.4) is 0 Å². The maximum absolute atomic E-state index is 12.8. The summed E-state index contributed by atoms with van der Waals surface area (Å²) in [6, 6.07) is 7.26. The summed E-state index contributed by atoms with van der Waals surface area (Å²) in [5, 5.41) is 0. The van der Waals surface area contributed by atoms with Gasteiger partial charge in [0.1, 0.15) is 23.6 Å². The molecule has 0 radical (unpaired) electrons. The molecule has 7 nitrogen and oxygen atoms in total. The van der Waals surface area contributed by atoms with Gasteiger partial charge in [-0.25, -0.2) is 9.97 Å². The molecule has 0 aliphatic carbocycles. The third-order valence-electron chi connectivity index (χ3n) is 4.42. The summed E-state index contributed by atoms with van der Waals surface area (Å²) in [4.78, 5) is 25.3. The van der Waals surface area contributed by atoms with Crippen molar-refractivity contribution in [3.63, 3.8) is 0 Å². The maximum atomic E-state index is 12.8. The first-order valence-electron chi connectivity index (χ1n) is 8.59. The number of anilines is 1. The number of nitrogens with zero attached hydrogens (tertiary/aromatic N) is 4. The van der Waals surface area contributed by atoms with Crippen LogP contribution in [-0.4, -0.2) is 54.6 Å². The lowest BCUT2D eigenvalue weighted by Gasteiger charge is -2.31. The second-order valence-corrected chi connectivity index (χ2v) is 6.47. The van der Waals surface area contributed by atoms with Gasteiger partial charge in [-0.1, -0.05) is 6.07 Å². The molecule has 7 heteroatoms. The largest absolute Gasteiger partial charge is 0.497 e. The van der Waals surface area contributed by atoms with Crippen molar-refractivity contribution in [2.24, 2.45) is 0 Å². The minimum atomic E-state index is -0.584. The number of carbonyl (C=O) groups is 1. The molecule has 0 saturated carbocycles. The molecular formula is C19H24N4O3. The van der Waals surface area contributed by atoms with Crippen LogP contribution in [0.25, 0.3) is 0 Å². The van der Waals surface area contributed by atoms with Gasteiger partial charge in [-0.05, 0) is 25.5 Å². The molecule has 0 spiro atoms. The van der Waals surface area contributed by atoms with Gasteiger partial charge in [0, 0.05) is 32.3 Å². The smallest absolute Gasteiger partial charge is 0.263 e. The standard InChI is InChI=1S/C19H24N4O3/c1-13(26-15-7-5-6-14(10-15)25-4)19(24)23-9-8-16-17(11-23)20-12-21-18(16)22(2)3/h5-7,10,12-13H,8-9,11H2,1-4H3/t13-/m1/s1. The predicted octanol–water partition coefficient (Wildman–Crippen LogP) is 1.90. The Morgan fingerprint density at radius 1 is 1.27 bits per heavy atom. The Kier molecular flexibility index (Phi) is 5.25. The van der Waals surface area contributed by atoms with Crippen LogP contribution in [0.15, 0.2) is 30.6 Å². The molecule has 2 heterocycles. The first-order chi connectivity index (χ1) is 12.5. The van der Waals surface area contributed by atoms with Crippen LogP contribution in [0.2, 0.25) is 0 Å². The molecular weight excluding hydrogens is 332 g/mol. The number of hydrogen-bond acceptors (Lipinski definition) is 6. The van der Waals surface area contributed by atoms with E-state index in [4.69, 9.17) is 9.47 Å². The van der Waals surface area contributed by atoms with Gasteiger partial charge >= 0.3 is 0 Å². The Morgan fingerprint density at radius 3 is 2.77 bits per heavy atom. The highest BCUT2D eigenvalue weighted by Gasteiger charge is 2.28. The van der Waals surface area contributed by atoms with Gasteiger partial charge < -0.3 is 19.3 Å². The molecule has 0 N–H and O–H groups in total. The number of hydrogen-bond donors (Lipinski definition) is 0. The number of rotatable bonds is 5. The van der Waals surface area contributed by atoms with E-state index in [1.807, 2.05) is 37.2 Å². The van der Waals surface area contributed by atoms with Gasteiger partial charge in [-0.2, -0.15) is 0 Å². The number of amides is 1. The van der Waals surface area contributed by atoms with E-state index in [9.17, 15) is 4.79 Å². The predicted molar refractivity (Wildman–Crippen MR) is 98.6 cm³/mol. The molecule has 0 bridgehead atoms. The quantitative estimate of drug-likeness (QED) is 0.815. The monoisotopic (exact) mass is 356 g/mol. The van der Waals surface area contributed by atoms with Crippen molar-refractivity contribution in [1.29, 1.82) is 0 Å². The zero-order chi connectivity index (χ0) is 18.7. The molecule has 2 aromatic rings. The van der Waals surface area contributed by atoms with Crippen LogP contribution in [-0.2, 0) is 17.8 Å². The van der Waals surface area contributed by atoms with Gasteiger partial charge in [0.05, 0.1) is 19.3 Å². The highest BCUT2D eigenvalue weighted by molar-refractivity contribution is 5.81. The SMILES string of the molecule is COc1cccc(O[C@H](C)C(=O)N2CCc3c(ncnc3N(C)C)C2)c1. The third-order valence-corrected chi connectivity index (χ3v) is 4.42. The lowest BCUT2D eigenvalue weighted by Crippen LogP contribution is -2.43. The summed E-state index contributed by atoms with van der Waals surface area (Å²) in [6.45, 7) is 2.87. The van der Waals surface area contributed by atoms with Crippen LogP contribution in [0.1, 0.15) is 18.2 Å². The number of fused-ring (bicyclic) bond motifs is 1. The topological polar surface area (TPSA) is 67.8 Å². The average molecular weight is 356 g/mol. The molecule has 1 aliphatic rings. The number of benzene rings is 1. The summed E-state index contributed by atoms with van der Waals surface area (Å²) in [6.07, 6.45) is 1.71. The average Bonchev–Trinajstić information content (AvgIpc) is 2.66. The van der Waals surface area contributed by atoms with Crippen molar-refractivity contribution in [3.05, 3.63) is 41.9 Å². The highest BCUT2D eigenvalue weighted by atomic mass is 16.5. The van der Waals surface area contributed by atoms with E-state index in [0.29, 0.717) is 24.6 Å². The van der Waals surface area contributed by atoms with Gasteiger partial charge in [-0.15, -0.1) is 0 Å². The molecule has 0 fully saturated rings. The van der Waals surface area contributed by atoms with Gasteiger partial charge in [-0.3, -0.25) is 4.79 Å². The number of methoxy groups -OCH3 is 1. The molecule has 1 atom stereocenters. The van der Waals surface area contributed by atoms with Gasteiger partial charge in [0.15, 0.2) is 6.10 Å². The maximum Gasteiger partial charge on any atom is 0.263 e. The Bertz CT molecular complexity index is 794. The van der Waals surface area contributed by atoms with Crippen molar-refractivity contribution in [2.45, 2.75) is 26.0 Å². The van der Waals surface area contributed by atoms with E-state index in [1.54, 1.807) is 31.3 Å². The molecule has 26 heavy (non-hydrogen) atoms. The van der Waals surface area contributed by atoms with Crippen molar-refractivity contribution in [3.8, 4) is 11.5 Å². The van der Waals surface area contributed by atoms with E-state index < -0.39 is 6.10 Å². The van der Waals surface area contributed by atoms with Crippen LogP contribution in [0.5, 0.6) is 11.5 Å². The summed E-state index contributed by atoms with van der Waals surface area (Å²) in [5.74, 6) is 2.17. The van der Waals surface area contributed by atoms with Crippen LogP contribution < -0.4 is 14.4 Å². The van der Waals surface area contributed by atoms with Crippen LogP contribution in [0.4, 0.5) is 5.82 Å². The van der Waals surface area contributed by atoms with E-state index in [2.05, 4.69) is 9.97 Å². The summed E-state index contributed by atoms with van der Waals surface area (Å²) in [7, 11) is 5.52. The first-order valence-corrected chi connectivity index (χ1v) is 8.59. The second-order valence-electron chi connectivity index (χ2n) is 6.47. The van der Waals surface area contributed by atoms with Crippen molar-refractivity contribution in [1.82, 2.24) is 14.9 Å². The molecule has 3 rings (SSSR count). The van der Waals surface area contributed by atoms with Gasteiger partial charge in [0.25, 0.3) is 5.91 Å². The fraction of sp³-hybridized carbons (Fsp3) is 0.421.